The predicted molar refractivity (Wildman–Crippen MR) is 98.9 cm³/mol. The lowest BCUT2D eigenvalue weighted by Crippen LogP contribution is -2.02. The van der Waals surface area contributed by atoms with Crippen LogP contribution in [0.4, 0.5) is 27.5 Å². The van der Waals surface area contributed by atoms with Crippen LogP contribution in [0.3, 0.4) is 0 Å². The molecule has 0 saturated heterocycles. The van der Waals surface area contributed by atoms with Gasteiger partial charge in [-0.15, -0.1) is 0 Å². The molecule has 4 rings (SSSR count). The van der Waals surface area contributed by atoms with Gasteiger partial charge in [0.05, 0.1) is 5.52 Å². The van der Waals surface area contributed by atoms with E-state index in [9.17, 15) is 4.39 Å². The number of hydrogen-bond acceptors (Lipinski definition) is 4. The molecular formula is C20H15FN4. The summed E-state index contributed by atoms with van der Waals surface area (Å²) in [5.74, 6) is 0.876. The number of rotatable bonds is 4. The van der Waals surface area contributed by atoms with E-state index in [2.05, 4.69) is 20.6 Å². The van der Waals surface area contributed by atoms with Gasteiger partial charge in [0.1, 0.15) is 11.6 Å². The van der Waals surface area contributed by atoms with E-state index in [4.69, 9.17) is 0 Å². The van der Waals surface area contributed by atoms with E-state index in [0.29, 0.717) is 11.8 Å². The minimum Gasteiger partial charge on any atom is -0.340 e. The SMILES string of the molecule is Fc1ccc(Nc2nc(Nc3ccccc3)c3ccccc3n2)cc1. The van der Waals surface area contributed by atoms with E-state index < -0.39 is 0 Å². The van der Waals surface area contributed by atoms with Crippen molar-refractivity contribution in [1.82, 2.24) is 9.97 Å². The highest BCUT2D eigenvalue weighted by atomic mass is 19.1. The van der Waals surface area contributed by atoms with Crippen molar-refractivity contribution in [3.8, 4) is 0 Å². The summed E-state index contributed by atoms with van der Waals surface area (Å²) in [6, 6.07) is 23.7. The topological polar surface area (TPSA) is 49.8 Å². The largest absolute Gasteiger partial charge is 0.340 e. The predicted octanol–water partition coefficient (Wildman–Crippen LogP) is 5.26. The summed E-state index contributed by atoms with van der Waals surface area (Å²) in [5.41, 5.74) is 2.49. The lowest BCUT2D eigenvalue weighted by atomic mass is 10.2. The maximum absolute atomic E-state index is 13.1. The van der Waals surface area contributed by atoms with Crippen molar-refractivity contribution in [2.75, 3.05) is 10.6 Å². The van der Waals surface area contributed by atoms with Gasteiger partial charge in [-0.3, -0.25) is 0 Å². The first-order valence-electron chi connectivity index (χ1n) is 7.89. The Morgan fingerprint density at radius 1 is 0.640 bits per heavy atom. The number of benzene rings is 3. The van der Waals surface area contributed by atoms with Gasteiger partial charge in [0.2, 0.25) is 5.95 Å². The van der Waals surface area contributed by atoms with Crippen LogP contribution in [-0.2, 0) is 0 Å². The first-order valence-corrected chi connectivity index (χ1v) is 7.89. The third kappa shape index (κ3) is 3.40. The fourth-order valence-corrected chi connectivity index (χ4v) is 2.55. The average Bonchev–Trinajstić information content (AvgIpc) is 2.65. The van der Waals surface area contributed by atoms with Crippen molar-refractivity contribution < 1.29 is 4.39 Å². The molecule has 1 aromatic heterocycles. The molecule has 0 unspecified atom stereocenters. The number of hydrogen-bond donors (Lipinski definition) is 2. The highest BCUT2D eigenvalue weighted by molar-refractivity contribution is 5.91. The zero-order valence-corrected chi connectivity index (χ0v) is 13.3. The van der Waals surface area contributed by atoms with Gasteiger partial charge < -0.3 is 10.6 Å². The van der Waals surface area contributed by atoms with Gasteiger partial charge in [-0.25, -0.2) is 9.37 Å². The highest BCUT2D eigenvalue weighted by Gasteiger charge is 2.08. The first kappa shape index (κ1) is 15.1. The normalized spacial score (nSPS) is 10.6. The third-order valence-corrected chi connectivity index (χ3v) is 3.74. The summed E-state index contributed by atoms with van der Waals surface area (Å²) in [7, 11) is 0. The molecule has 122 valence electrons. The molecule has 0 radical (unpaired) electrons. The third-order valence-electron chi connectivity index (χ3n) is 3.74. The molecule has 0 spiro atoms. The molecule has 0 aliphatic heterocycles. The number of fused-ring (bicyclic) bond motifs is 1. The number of para-hydroxylation sites is 2. The van der Waals surface area contributed by atoms with Crippen LogP contribution >= 0.6 is 0 Å². The van der Waals surface area contributed by atoms with Crippen LogP contribution < -0.4 is 10.6 Å². The first-order chi connectivity index (χ1) is 12.3. The zero-order valence-electron chi connectivity index (χ0n) is 13.3. The van der Waals surface area contributed by atoms with E-state index in [0.717, 1.165) is 22.3 Å². The highest BCUT2D eigenvalue weighted by Crippen LogP contribution is 2.26. The van der Waals surface area contributed by atoms with Crippen LogP contribution in [0, 0.1) is 5.82 Å². The Morgan fingerprint density at radius 3 is 2.12 bits per heavy atom. The summed E-state index contributed by atoms with van der Waals surface area (Å²) in [6.45, 7) is 0. The molecule has 0 fully saturated rings. The van der Waals surface area contributed by atoms with Crippen molar-refractivity contribution in [2.24, 2.45) is 0 Å². The van der Waals surface area contributed by atoms with Gasteiger partial charge in [0, 0.05) is 16.8 Å². The monoisotopic (exact) mass is 330 g/mol. The van der Waals surface area contributed by atoms with E-state index in [1.165, 1.54) is 12.1 Å². The molecule has 3 aromatic carbocycles. The molecule has 2 N–H and O–H groups in total. The quantitative estimate of drug-likeness (QED) is 0.536. The second-order valence-electron chi connectivity index (χ2n) is 5.54. The summed E-state index contributed by atoms with van der Waals surface area (Å²) >= 11 is 0. The Kier molecular flexibility index (Phi) is 3.96. The van der Waals surface area contributed by atoms with E-state index in [-0.39, 0.29) is 5.82 Å². The molecule has 25 heavy (non-hydrogen) atoms. The lowest BCUT2D eigenvalue weighted by molar-refractivity contribution is 0.628. The van der Waals surface area contributed by atoms with Gasteiger partial charge in [-0.05, 0) is 48.5 Å². The van der Waals surface area contributed by atoms with Crippen LogP contribution in [-0.4, -0.2) is 9.97 Å². The van der Waals surface area contributed by atoms with Crippen molar-refractivity contribution in [1.29, 1.82) is 0 Å². The molecular weight excluding hydrogens is 315 g/mol. The molecule has 5 heteroatoms. The summed E-state index contributed by atoms with van der Waals surface area (Å²) in [4.78, 5) is 9.13. The van der Waals surface area contributed by atoms with Crippen molar-refractivity contribution >= 4 is 34.0 Å². The molecule has 1 heterocycles. The van der Waals surface area contributed by atoms with Gasteiger partial charge in [-0.1, -0.05) is 30.3 Å². The second kappa shape index (κ2) is 6.57. The van der Waals surface area contributed by atoms with Crippen LogP contribution in [0.1, 0.15) is 0 Å². The van der Waals surface area contributed by atoms with E-state index in [1.54, 1.807) is 12.1 Å². The molecule has 4 aromatic rings. The molecule has 0 aliphatic rings. The summed E-state index contributed by atoms with van der Waals surface area (Å²) in [6.07, 6.45) is 0. The van der Waals surface area contributed by atoms with E-state index >= 15 is 0 Å². The lowest BCUT2D eigenvalue weighted by Gasteiger charge is -2.12. The smallest absolute Gasteiger partial charge is 0.229 e. The minimum absolute atomic E-state index is 0.281. The maximum atomic E-state index is 13.1. The molecule has 0 amide bonds. The Bertz CT molecular complexity index is 1000. The van der Waals surface area contributed by atoms with Crippen molar-refractivity contribution in [3.05, 3.63) is 84.7 Å². The number of nitrogens with one attached hydrogen (secondary N) is 2. The molecule has 0 bridgehead atoms. The minimum atomic E-state index is -0.281. The summed E-state index contributed by atoms with van der Waals surface area (Å²) < 4.78 is 13.1. The van der Waals surface area contributed by atoms with Crippen molar-refractivity contribution in [3.63, 3.8) is 0 Å². The Labute approximate surface area is 144 Å². The zero-order chi connectivity index (χ0) is 17.1. The van der Waals surface area contributed by atoms with Crippen molar-refractivity contribution in [2.45, 2.75) is 0 Å². The van der Waals surface area contributed by atoms with Crippen LogP contribution in [0.5, 0.6) is 0 Å². The van der Waals surface area contributed by atoms with Crippen LogP contribution in [0.25, 0.3) is 10.9 Å². The fraction of sp³-hybridized carbons (Fsp3) is 0. The summed E-state index contributed by atoms with van der Waals surface area (Å²) in [5, 5.41) is 7.38. The number of nitrogens with zero attached hydrogens (tertiary/aromatic N) is 2. The fourth-order valence-electron chi connectivity index (χ4n) is 2.55. The maximum Gasteiger partial charge on any atom is 0.229 e. The van der Waals surface area contributed by atoms with Gasteiger partial charge in [0.15, 0.2) is 0 Å². The van der Waals surface area contributed by atoms with E-state index in [1.807, 2.05) is 54.6 Å². The number of anilines is 4. The number of aromatic nitrogens is 2. The molecule has 0 aliphatic carbocycles. The molecule has 4 nitrogen and oxygen atoms in total. The Balaban J connectivity index is 1.74. The van der Waals surface area contributed by atoms with Gasteiger partial charge in [0.25, 0.3) is 0 Å². The second-order valence-corrected chi connectivity index (χ2v) is 5.54. The Hall–Kier alpha value is -3.47. The Morgan fingerprint density at radius 2 is 1.32 bits per heavy atom. The van der Waals surface area contributed by atoms with Crippen LogP contribution in [0.15, 0.2) is 78.9 Å². The van der Waals surface area contributed by atoms with Gasteiger partial charge in [-0.2, -0.15) is 4.98 Å². The molecule has 0 saturated carbocycles. The standard InChI is InChI=1S/C20H15FN4/c21-14-10-12-16(13-11-14)23-20-24-18-9-5-4-8-17(18)19(25-20)22-15-6-2-1-3-7-15/h1-13H,(H2,22,23,24,25). The van der Waals surface area contributed by atoms with Crippen LogP contribution in [0.2, 0.25) is 0 Å². The molecule has 0 atom stereocenters. The van der Waals surface area contributed by atoms with Gasteiger partial charge >= 0.3 is 0 Å². The number of halogens is 1. The average molecular weight is 330 g/mol.